The second-order valence-electron chi connectivity index (χ2n) is 8.16. The predicted molar refractivity (Wildman–Crippen MR) is 113 cm³/mol. The maximum absolute atomic E-state index is 10.6. The van der Waals surface area contributed by atoms with Crippen molar-refractivity contribution in [1.29, 1.82) is 0 Å². The van der Waals surface area contributed by atoms with Crippen molar-refractivity contribution >= 4 is 27.5 Å². The minimum absolute atomic E-state index is 0.0203. The van der Waals surface area contributed by atoms with Gasteiger partial charge >= 0.3 is 5.97 Å². The van der Waals surface area contributed by atoms with E-state index in [1.165, 1.54) is 11.3 Å². The van der Waals surface area contributed by atoms with Crippen LogP contribution in [0.1, 0.15) is 68.9 Å². The number of carboxylic acid groups (broad SMARTS) is 1. The number of aliphatic carboxylic acids is 1. The van der Waals surface area contributed by atoms with E-state index in [0.29, 0.717) is 30.7 Å². The molecule has 1 aliphatic rings. The summed E-state index contributed by atoms with van der Waals surface area (Å²) in [6, 6.07) is 7.82. The quantitative estimate of drug-likeness (QED) is 0.410. The Bertz CT molecular complexity index is 761. The van der Waals surface area contributed by atoms with Crippen molar-refractivity contribution in [3.05, 3.63) is 29.3 Å². The fourth-order valence-corrected chi connectivity index (χ4v) is 5.48. The van der Waals surface area contributed by atoms with Gasteiger partial charge in [0.25, 0.3) is 0 Å². The average Bonchev–Trinajstić information content (AvgIpc) is 3.23. The maximum Gasteiger partial charge on any atom is 0.303 e. The van der Waals surface area contributed by atoms with E-state index in [4.69, 9.17) is 5.11 Å². The lowest BCUT2D eigenvalue weighted by atomic mass is 9.85. The third-order valence-corrected chi connectivity index (χ3v) is 7.21. The number of hydrogen-bond donors (Lipinski definition) is 4. The van der Waals surface area contributed by atoms with E-state index in [1.807, 2.05) is 24.3 Å². The zero-order valence-electron chi connectivity index (χ0n) is 16.6. The highest BCUT2D eigenvalue weighted by molar-refractivity contribution is 7.18. The number of hydrogen-bond acceptors (Lipinski definition) is 6. The first kappa shape index (κ1) is 22.2. The lowest BCUT2D eigenvalue weighted by Crippen LogP contribution is -2.23. The summed E-state index contributed by atoms with van der Waals surface area (Å²) >= 11 is 1.50. The molecule has 1 aromatic carbocycles. The van der Waals surface area contributed by atoms with Gasteiger partial charge in [-0.25, -0.2) is 4.98 Å². The van der Waals surface area contributed by atoms with Gasteiger partial charge in [0.2, 0.25) is 0 Å². The minimum atomic E-state index is -0.758. The lowest BCUT2D eigenvalue weighted by Gasteiger charge is -2.24. The number of fused-ring (bicyclic) bond motifs is 1. The summed E-state index contributed by atoms with van der Waals surface area (Å²) in [4.78, 5) is 15.1. The van der Waals surface area contributed by atoms with Gasteiger partial charge in [-0.1, -0.05) is 31.4 Å². The summed E-state index contributed by atoms with van der Waals surface area (Å²) in [5.41, 5.74) is 0.892. The molecule has 0 radical (unpaired) electrons. The van der Waals surface area contributed by atoms with Gasteiger partial charge in [-0.15, -0.1) is 11.3 Å². The van der Waals surface area contributed by atoms with Gasteiger partial charge in [0, 0.05) is 6.42 Å². The number of aromatic nitrogens is 1. The van der Waals surface area contributed by atoms with Crippen LogP contribution in [0.4, 0.5) is 0 Å². The number of unbranched alkanes of at least 4 members (excludes halogenated alkanes) is 3. The van der Waals surface area contributed by atoms with Gasteiger partial charge in [0.05, 0.1) is 22.4 Å². The Labute approximate surface area is 175 Å². The number of carboxylic acids is 1. The van der Waals surface area contributed by atoms with Crippen LogP contribution in [-0.2, 0) is 4.79 Å². The highest BCUT2D eigenvalue weighted by Gasteiger charge is 2.41. The first-order valence-electron chi connectivity index (χ1n) is 10.6. The van der Waals surface area contributed by atoms with Gasteiger partial charge in [-0.05, 0) is 56.1 Å². The van der Waals surface area contributed by atoms with Crippen molar-refractivity contribution in [2.24, 2.45) is 11.8 Å². The molecule has 1 fully saturated rings. The van der Waals surface area contributed by atoms with E-state index >= 15 is 0 Å². The van der Waals surface area contributed by atoms with E-state index in [2.05, 4.69) is 4.98 Å². The molecule has 3 rings (SSSR count). The summed E-state index contributed by atoms with van der Waals surface area (Å²) < 4.78 is 1.05. The van der Waals surface area contributed by atoms with Crippen molar-refractivity contribution in [1.82, 2.24) is 4.98 Å². The standard InChI is InChI=1S/C22H31NO5S/c24-17(22-23-16-8-5-6-9-20(16)29-22)12-11-15-14(18(25)13-19(15)26)7-3-1-2-4-10-21(27)28/h5-6,8-9,14-15,17-19,24-26H,1-4,7,10-13H2,(H,27,28)/t14-,15?,17?,18+,19-/m1/s1. The fraction of sp³-hybridized carbons (Fsp3) is 0.636. The highest BCUT2D eigenvalue weighted by atomic mass is 32.1. The Balaban J connectivity index is 1.48. The Morgan fingerprint density at radius 1 is 1.07 bits per heavy atom. The zero-order valence-corrected chi connectivity index (χ0v) is 17.4. The molecule has 4 N–H and O–H groups in total. The maximum atomic E-state index is 10.6. The summed E-state index contributed by atoms with van der Waals surface area (Å²) in [5.74, 6) is -0.744. The first-order valence-corrected chi connectivity index (χ1v) is 11.4. The van der Waals surface area contributed by atoms with Crippen LogP contribution in [0.2, 0.25) is 0 Å². The number of nitrogens with zero attached hydrogens (tertiary/aromatic N) is 1. The van der Waals surface area contributed by atoms with Crippen molar-refractivity contribution in [2.75, 3.05) is 0 Å². The Kier molecular flexibility index (Phi) is 8.00. The van der Waals surface area contributed by atoms with Gasteiger partial charge in [-0.2, -0.15) is 0 Å². The van der Waals surface area contributed by atoms with E-state index in [1.54, 1.807) is 0 Å². The SMILES string of the molecule is O=C(O)CCCCCC[C@@H]1C(CCC(O)c2nc3ccccc3s2)[C@H](O)C[C@@H]1O. The number of rotatable bonds is 11. The summed E-state index contributed by atoms with van der Waals surface area (Å²) in [7, 11) is 0. The van der Waals surface area contributed by atoms with Crippen LogP contribution in [0, 0.1) is 11.8 Å². The highest BCUT2D eigenvalue weighted by Crippen LogP contribution is 2.40. The van der Waals surface area contributed by atoms with Crippen molar-refractivity contribution < 1.29 is 25.2 Å². The molecule has 1 heterocycles. The van der Waals surface area contributed by atoms with Crippen LogP contribution in [0.15, 0.2) is 24.3 Å². The van der Waals surface area contributed by atoms with Gasteiger partial charge in [0.1, 0.15) is 11.1 Å². The molecule has 1 saturated carbocycles. The smallest absolute Gasteiger partial charge is 0.303 e. The molecule has 5 atom stereocenters. The van der Waals surface area contributed by atoms with Crippen LogP contribution >= 0.6 is 11.3 Å². The second kappa shape index (κ2) is 10.5. The molecular weight excluding hydrogens is 390 g/mol. The van der Waals surface area contributed by atoms with Gasteiger partial charge < -0.3 is 20.4 Å². The van der Waals surface area contributed by atoms with Crippen molar-refractivity contribution in [2.45, 2.75) is 76.1 Å². The molecule has 160 valence electrons. The van der Waals surface area contributed by atoms with E-state index in [9.17, 15) is 20.1 Å². The molecule has 7 heteroatoms. The monoisotopic (exact) mass is 421 g/mol. The Morgan fingerprint density at radius 3 is 2.48 bits per heavy atom. The van der Waals surface area contributed by atoms with Crippen molar-refractivity contribution in [3.63, 3.8) is 0 Å². The average molecular weight is 422 g/mol. The molecule has 6 nitrogen and oxygen atoms in total. The number of para-hydroxylation sites is 1. The molecule has 0 bridgehead atoms. The second-order valence-corrected chi connectivity index (χ2v) is 9.22. The molecular formula is C22H31NO5S. The normalized spacial score (nSPS) is 25.5. The van der Waals surface area contributed by atoms with Crippen LogP contribution in [0.5, 0.6) is 0 Å². The molecule has 2 unspecified atom stereocenters. The minimum Gasteiger partial charge on any atom is -0.481 e. The van der Waals surface area contributed by atoms with E-state index < -0.39 is 24.3 Å². The van der Waals surface area contributed by atoms with E-state index in [-0.39, 0.29) is 18.3 Å². The lowest BCUT2D eigenvalue weighted by molar-refractivity contribution is -0.137. The molecule has 0 saturated heterocycles. The third kappa shape index (κ3) is 5.98. The Morgan fingerprint density at radius 2 is 1.76 bits per heavy atom. The van der Waals surface area contributed by atoms with Crippen LogP contribution in [-0.4, -0.2) is 43.6 Å². The predicted octanol–water partition coefficient (Wildman–Crippen LogP) is 3.89. The van der Waals surface area contributed by atoms with Crippen LogP contribution in [0.3, 0.4) is 0 Å². The number of aliphatic hydroxyl groups excluding tert-OH is 3. The van der Waals surface area contributed by atoms with E-state index in [0.717, 1.165) is 35.9 Å². The number of thiazole rings is 1. The number of aliphatic hydroxyl groups is 3. The number of carbonyl (C=O) groups is 1. The van der Waals surface area contributed by atoms with Crippen LogP contribution in [0.25, 0.3) is 10.2 Å². The summed E-state index contributed by atoms with van der Waals surface area (Å²) in [6.45, 7) is 0. The third-order valence-electron chi connectivity index (χ3n) is 6.07. The molecule has 1 aliphatic carbocycles. The number of benzene rings is 1. The molecule has 2 aromatic rings. The molecule has 0 spiro atoms. The molecule has 0 amide bonds. The molecule has 0 aliphatic heterocycles. The summed E-state index contributed by atoms with van der Waals surface area (Å²) in [6.07, 6.45) is 4.31. The first-order chi connectivity index (χ1) is 14.0. The molecule has 29 heavy (non-hydrogen) atoms. The fourth-order valence-electron chi connectivity index (χ4n) is 4.50. The van der Waals surface area contributed by atoms with Gasteiger partial charge in [0.15, 0.2) is 0 Å². The largest absolute Gasteiger partial charge is 0.481 e. The van der Waals surface area contributed by atoms with Crippen molar-refractivity contribution in [3.8, 4) is 0 Å². The van der Waals surface area contributed by atoms with Gasteiger partial charge in [-0.3, -0.25) is 4.79 Å². The topological polar surface area (TPSA) is 111 Å². The van der Waals surface area contributed by atoms with Crippen LogP contribution < -0.4 is 0 Å². The molecule has 1 aromatic heterocycles. The Hall–Kier alpha value is -1.54. The zero-order chi connectivity index (χ0) is 20.8. The summed E-state index contributed by atoms with van der Waals surface area (Å²) in [5, 5.41) is 40.8.